The number of piperidine rings is 1. The lowest BCUT2D eigenvalue weighted by atomic mass is 9.89. The molecule has 8 nitrogen and oxygen atoms in total. The van der Waals surface area contributed by atoms with Crippen molar-refractivity contribution in [2.24, 2.45) is 0 Å². The van der Waals surface area contributed by atoms with Crippen LogP contribution < -0.4 is 5.32 Å². The Morgan fingerprint density at radius 2 is 1.90 bits per heavy atom. The van der Waals surface area contributed by atoms with Crippen molar-refractivity contribution in [3.8, 4) is 11.1 Å². The second-order valence-electron chi connectivity index (χ2n) is 10.8. The van der Waals surface area contributed by atoms with Gasteiger partial charge in [0.2, 0.25) is 0 Å². The first-order valence-corrected chi connectivity index (χ1v) is 15.1. The van der Waals surface area contributed by atoms with Crippen LogP contribution in [0.4, 0.5) is 9.52 Å². The molecule has 2 amide bonds. The number of benzene rings is 2. The molecule has 0 saturated carbocycles. The smallest absolute Gasteiger partial charge is 0.255 e. The van der Waals surface area contributed by atoms with Gasteiger partial charge < -0.3 is 9.47 Å². The largest absolute Gasteiger partial charge is 0.334 e. The van der Waals surface area contributed by atoms with Crippen molar-refractivity contribution in [2.75, 3.05) is 18.4 Å². The van der Waals surface area contributed by atoms with Gasteiger partial charge in [-0.3, -0.25) is 14.9 Å². The van der Waals surface area contributed by atoms with Gasteiger partial charge in [0.15, 0.2) is 11.2 Å². The zero-order valence-electron chi connectivity index (χ0n) is 22.2. The summed E-state index contributed by atoms with van der Waals surface area (Å²) >= 11 is 7.41. The molecule has 1 fully saturated rings. The van der Waals surface area contributed by atoms with Crippen molar-refractivity contribution < 1.29 is 14.0 Å². The molecule has 4 aromatic rings. The highest BCUT2D eigenvalue weighted by Crippen LogP contribution is 2.38. The van der Waals surface area contributed by atoms with Crippen molar-refractivity contribution in [3.63, 3.8) is 0 Å². The fourth-order valence-electron chi connectivity index (χ4n) is 6.29. The SMILES string of the molecule is O=C(Nc1nccs1)C(c1ncn2c1CCC2)N1Cc2c(F)cc(-c3ccc(C4CCN(Cl)CC4)cc3)cc2C1=O. The number of hydrogen-bond donors (Lipinski definition) is 1. The summed E-state index contributed by atoms with van der Waals surface area (Å²) in [6, 6.07) is 10.4. The van der Waals surface area contributed by atoms with Gasteiger partial charge in [0.05, 0.1) is 18.6 Å². The number of carbonyl (C=O) groups excluding carboxylic acids is 2. The monoisotopic (exact) mass is 590 g/mol. The molecule has 1 saturated heterocycles. The molecule has 3 aliphatic rings. The zero-order valence-corrected chi connectivity index (χ0v) is 23.8. The second-order valence-corrected chi connectivity index (χ2v) is 12.2. The molecule has 0 aliphatic carbocycles. The van der Waals surface area contributed by atoms with Crippen LogP contribution in [-0.2, 0) is 24.3 Å². The van der Waals surface area contributed by atoms with Crippen molar-refractivity contribution >= 4 is 40.1 Å². The molecule has 0 radical (unpaired) electrons. The molecule has 1 N–H and O–H groups in total. The zero-order chi connectivity index (χ0) is 28.1. The van der Waals surface area contributed by atoms with Crippen molar-refractivity contribution in [2.45, 2.75) is 50.7 Å². The highest BCUT2D eigenvalue weighted by atomic mass is 35.5. The number of fused-ring (bicyclic) bond motifs is 2. The fourth-order valence-corrected chi connectivity index (χ4v) is 7.02. The lowest BCUT2D eigenvalue weighted by Gasteiger charge is -2.27. The first-order valence-electron chi connectivity index (χ1n) is 13.8. The number of nitrogens with zero attached hydrogens (tertiary/aromatic N) is 5. The van der Waals surface area contributed by atoms with Crippen LogP contribution in [0.2, 0.25) is 0 Å². The highest BCUT2D eigenvalue weighted by Gasteiger charge is 2.42. The molecule has 41 heavy (non-hydrogen) atoms. The predicted octanol–water partition coefficient (Wildman–Crippen LogP) is 5.76. The summed E-state index contributed by atoms with van der Waals surface area (Å²) in [7, 11) is 0. The number of hydrogen-bond acceptors (Lipinski definition) is 6. The van der Waals surface area contributed by atoms with Crippen LogP contribution in [0.1, 0.15) is 64.1 Å². The van der Waals surface area contributed by atoms with Gasteiger partial charge in [0.1, 0.15) is 5.82 Å². The van der Waals surface area contributed by atoms with E-state index in [0.29, 0.717) is 27.9 Å². The number of aryl methyl sites for hydroxylation is 1. The van der Waals surface area contributed by atoms with Gasteiger partial charge >= 0.3 is 0 Å². The Kier molecular flexibility index (Phi) is 6.84. The molecule has 3 aliphatic heterocycles. The number of anilines is 1. The highest BCUT2D eigenvalue weighted by molar-refractivity contribution is 7.13. The molecule has 0 spiro atoms. The number of rotatable bonds is 6. The third-order valence-electron chi connectivity index (χ3n) is 8.44. The number of halogens is 2. The average molecular weight is 591 g/mol. The van der Waals surface area contributed by atoms with Crippen LogP contribution in [0.25, 0.3) is 11.1 Å². The maximum Gasteiger partial charge on any atom is 0.255 e. The Hall–Kier alpha value is -3.60. The van der Waals surface area contributed by atoms with E-state index in [1.807, 2.05) is 21.1 Å². The Balaban J connectivity index is 1.19. The van der Waals surface area contributed by atoms with Crippen LogP contribution >= 0.6 is 23.1 Å². The Labute approximate surface area is 245 Å². The fraction of sp³-hybridized carbons (Fsp3) is 0.333. The van der Waals surface area contributed by atoms with E-state index in [9.17, 15) is 9.59 Å². The first kappa shape index (κ1) is 26.3. The summed E-state index contributed by atoms with van der Waals surface area (Å²) in [4.78, 5) is 37.7. The molecule has 5 heterocycles. The van der Waals surface area contributed by atoms with E-state index in [2.05, 4.69) is 27.4 Å². The van der Waals surface area contributed by atoms with Gasteiger partial charge in [-0.2, -0.15) is 0 Å². The van der Waals surface area contributed by atoms with E-state index in [1.165, 1.54) is 27.9 Å². The first-order chi connectivity index (χ1) is 20.0. The molecule has 1 atom stereocenters. The molecule has 2 aromatic carbocycles. The molecular formula is C30H28ClFN6O2S. The third-order valence-corrected chi connectivity index (χ3v) is 9.47. The van der Waals surface area contributed by atoms with Gasteiger partial charge in [0.25, 0.3) is 11.8 Å². The summed E-state index contributed by atoms with van der Waals surface area (Å²) in [5.74, 6) is -0.807. The lowest BCUT2D eigenvalue weighted by Crippen LogP contribution is -2.38. The summed E-state index contributed by atoms with van der Waals surface area (Å²) in [5, 5.41) is 5.03. The third kappa shape index (κ3) is 4.83. The Bertz CT molecular complexity index is 1610. The quantitative estimate of drug-likeness (QED) is 0.289. The second kappa shape index (κ2) is 10.7. The predicted molar refractivity (Wildman–Crippen MR) is 155 cm³/mol. The molecule has 0 bridgehead atoms. The van der Waals surface area contributed by atoms with Crippen LogP contribution in [0.15, 0.2) is 54.3 Å². The van der Waals surface area contributed by atoms with Gasteiger partial charge in [-0.1, -0.05) is 24.3 Å². The van der Waals surface area contributed by atoms with Crippen molar-refractivity contribution in [1.82, 2.24) is 23.9 Å². The molecular weight excluding hydrogens is 563 g/mol. The van der Waals surface area contributed by atoms with E-state index in [1.54, 1.807) is 24.0 Å². The minimum Gasteiger partial charge on any atom is -0.334 e. The Morgan fingerprint density at radius 3 is 2.66 bits per heavy atom. The Morgan fingerprint density at radius 1 is 1.10 bits per heavy atom. The number of aromatic nitrogens is 3. The minimum atomic E-state index is -1.00. The summed E-state index contributed by atoms with van der Waals surface area (Å²) in [5.41, 5.74) is 4.75. The van der Waals surface area contributed by atoms with E-state index in [4.69, 9.17) is 11.8 Å². The van der Waals surface area contributed by atoms with E-state index in [-0.39, 0.29) is 18.0 Å². The lowest BCUT2D eigenvalue weighted by molar-refractivity contribution is -0.121. The van der Waals surface area contributed by atoms with E-state index in [0.717, 1.165) is 56.6 Å². The summed E-state index contributed by atoms with van der Waals surface area (Å²) < 4.78 is 19.4. The van der Waals surface area contributed by atoms with Gasteiger partial charge in [-0.25, -0.2) is 18.8 Å². The number of thiazole rings is 1. The van der Waals surface area contributed by atoms with Crippen molar-refractivity contribution in [1.29, 1.82) is 0 Å². The van der Waals surface area contributed by atoms with Crippen LogP contribution in [0.3, 0.4) is 0 Å². The van der Waals surface area contributed by atoms with Crippen LogP contribution in [-0.4, -0.2) is 48.8 Å². The van der Waals surface area contributed by atoms with E-state index < -0.39 is 17.8 Å². The van der Waals surface area contributed by atoms with Gasteiger partial charge in [-0.15, -0.1) is 11.3 Å². The summed E-state index contributed by atoms with van der Waals surface area (Å²) in [6.45, 7) is 2.52. The topological polar surface area (TPSA) is 83.4 Å². The molecule has 210 valence electrons. The molecule has 7 rings (SSSR count). The number of imidazole rings is 1. The molecule has 2 aromatic heterocycles. The summed E-state index contributed by atoms with van der Waals surface area (Å²) in [6.07, 6.45) is 7.03. The average Bonchev–Trinajstić information content (AvgIpc) is 3.78. The maximum absolute atomic E-state index is 15.6. The molecule has 11 heteroatoms. The maximum atomic E-state index is 15.6. The standard InChI is InChI=1S/C30H28ClFN6O2S/c31-37-11-7-20(8-12-37)18-3-5-19(6-4-18)21-14-22-23(24(32)15-21)16-38(29(22)40)27(28(39)35-30-33-9-13-41-30)26-25-2-1-10-36(25)17-34-26/h3-6,9,13-15,17,20,27H,1-2,7-8,10-12,16H2,(H,33,35,39). The van der Waals surface area contributed by atoms with E-state index >= 15 is 4.39 Å². The van der Waals surface area contributed by atoms with Crippen LogP contribution in [0, 0.1) is 5.82 Å². The normalized spacial score (nSPS) is 18.0. The molecule has 1 unspecified atom stereocenters. The minimum absolute atomic E-state index is 0.0132. The van der Waals surface area contributed by atoms with Gasteiger partial charge in [0, 0.05) is 48.0 Å². The van der Waals surface area contributed by atoms with Crippen molar-refractivity contribution in [3.05, 3.63) is 88.2 Å². The number of amides is 2. The number of nitrogens with one attached hydrogen (secondary N) is 1. The van der Waals surface area contributed by atoms with Gasteiger partial charge in [-0.05, 0) is 72.2 Å². The van der Waals surface area contributed by atoms with Crippen LogP contribution in [0.5, 0.6) is 0 Å². The number of carbonyl (C=O) groups is 2.